The highest BCUT2D eigenvalue weighted by Gasteiger charge is 2.34. The van der Waals surface area contributed by atoms with Gasteiger partial charge in [-0.05, 0) is 27.4 Å². The number of carbonyl (C=O) groups excluding carboxylic acids is 1. The smallest absolute Gasteiger partial charge is 0.240 e. The quantitative estimate of drug-likeness (QED) is 0.644. The molecule has 1 rings (SSSR count). The number of nitrogens with one attached hydrogen (secondary N) is 1. The molecular weight excluding hydrogens is 230 g/mol. The van der Waals surface area contributed by atoms with E-state index in [1.54, 1.807) is 0 Å². The summed E-state index contributed by atoms with van der Waals surface area (Å²) in [4.78, 5) is 16.0. The minimum atomic E-state index is -0.0525. The summed E-state index contributed by atoms with van der Waals surface area (Å²) in [5.74, 6) is 0.199. The molecule has 0 aromatic rings. The number of rotatable bonds is 8. The Kier molecular flexibility index (Phi) is 6.60. The predicted molar refractivity (Wildman–Crippen MR) is 72.4 cm³/mol. The molecule has 5 heteroatoms. The number of ether oxygens (including phenoxy) is 1. The van der Waals surface area contributed by atoms with Gasteiger partial charge in [-0.1, -0.05) is 13.3 Å². The maximum absolute atomic E-state index is 12.0. The van der Waals surface area contributed by atoms with E-state index in [0.29, 0.717) is 13.2 Å². The summed E-state index contributed by atoms with van der Waals surface area (Å²) in [6.07, 6.45) is 2.28. The molecule has 18 heavy (non-hydrogen) atoms. The van der Waals surface area contributed by atoms with Gasteiger partial charge in [0.25, 0.3) is 0 Å². The van der Waals surface area contributed by atoms with Crippen LogP contribution in [-0.2, 0) is 9.53 Å². The van der Waals surface area contributed by atoms with Crippen LogP contribution in [0.25, 0.3) is 0 Å². The molecule has 1 heterocycles. The lowest BCUT2D eigenvalue weighted by Crippen LogP contribution is -2.39. The third kappa shape index (κ3) is 4.55. The van der Waals surface area contributed by atoms with Crippen molar-refractivity contribution in [2.24, 2.45) is 0 Å². The van der Waals surface area contributed by atoms with Crippen molar-refractivity contribution in [3.05, 3.63) is 0 Å². The van der Waals surface area contributed by atoms with Crippen LogP contribution in [0.5, 0.6) is 0 Å². The minimum absolute atomic E-state index is 0.0525. The highest BCUT2D eigenvalue weighted by atomic mass is 16.5. The molecule has 1 fully saturated rings. The zero-order chi connectivity index (χ0) is 13.5. The van der Waals surface area contributed by atoms with Crippen LogP contribution in [0.2, 0.25) is 0 Å². The van der Waals surface area contributed by atoms with E-state index in [-0.39, 0.29) is 18.1 Å². The molecule has 0 aromatic heterocycles. The van der Waals surface area contributed by atoms with Gasteiger partial charge in [0.15, 0.2) is 0 Å². The van der Waals surface area contributed by atoms with Gasteiger partial charge in [-0.2, -0.15) is 0 Å². The van der Waals surface area contributed by atoms with Gasteiger partial charge in [-0.15, -0.1) is 0 Å². The zero-order valence-corrected chi connectivity index (χ0v) is 12.1. The van der Waals surface area contributed by atoms with Crippen LogP contribution in [0.15, 0.2) is 0 Å². The van der Waals surface area contributed by atoms with E-state index in [2.05, 4.69) is 17.1 Å². The Morgan fingerprint density at radius 3 is 2.72 bits per heavy atom. The third-order valence-corrected chi connectivity index (χ3v) is 3.19. The van der Waals surface area contributed by atoms with Crippen molar-refractivity contribution in [2.45, 2.75) is 38.9 Å². The molecule has 0 bridgehead atoms. The fraction of sp³-hybridized carbons (Fsp3) is 0.923. The Bertz CT molecular complexity index is 259. The van der Waals surface area contributed by atoms with E-state index in [9.17, 15) is 4.79 Å². The molecule has 106 valence electrons. The number of carbonyl (C=O) groups is 1. The summed E-state index contributed by atoms with van der Waals surface area (Å²) in [7, 11) is 4.05. The molecule has 2 atom stereocenters. The number of likely N-dealkylation sites (N-methyl/N-ethyl adjacent to an activating group) is 1. The maximum atomic E-state index is 12.0. The second-order valence-electron chi connectivity index (χ2n) is 5.14. The van der Waals surface area contributed by atoms with Gasteiger partial charge < -0.3 is 14.5 Å². The molecule has 1 aliphatic rings. The second-order valence-corrected chi connectivity index (χ2v) is 5.14. The summed E-state index contributed by atoms with van der Waals surface area (Å²) >= 11 is 0. The summed E-state index contributed by atoms with van der Waals surface area (Å²) in [6, 6.07) is -0.0525. The van der Waals surface area contributed by atoms with Crippen LogP contribution < -0.4 is 5.32 Å². The average Bonchev–Trinajstić information content (AvgIpc) is 2.56. The van der Waals surface area contributed by atoms with Crippen molar-refractivity contribution in [3.8, 4) is 0 Å². The summed E-state index contributed by atoms with van der Waals surface area (Å²) in [5.41, 5.74) is 0. The molecule has 1 saturated heterocycles. The fourth-order valence-electron chi connectivity index (χ4n) is 2.14. The maximum Gasteiger partial charge on any atom is 0.240 e. The van der Waals surface area contributed by atoms with E-state index >= 15 is 0 Å². The lowest BCUT2D eigenvalue weighted by Gasteiger charge is -2.23. The number of hydrogen-bond acceptors (Lipinski definition) is 4. The first-order valence-corrected chi connectivity index (χ1v) is 6.85. The highest BCUT2D eigenvalue weighted by molar-refractivity contribution is 5.83. The van der Waals surface area contributed by atoms with Crippen molar-refractivity contribution < 1.29 is 9.53 Å². The van der Waals surface area contributed by atoms with E-state index in [1.165, 1.54) is 0 Å². The summed E-state index contributed by atoms with van der Waals surface area (Å²) in [6.45, 7) is 7.01. The Morgan fingerprint density at radius 1 is 1.39 bits per heavy atom. The first-order chi connectivity index (χ1) is 8.56. The van der Waals surface area contributed by atoms with Gasteiger partial charge in [0.2, 0.25) is 5.91 Å². The molecule has 1 N–H and O–H groups in total. The lowest BCUT2D eigenvalue weighted by atomic mass is 10.2. The van der Waals surface area contributed by atoms with Gasteiger partial charge in [-0.3, -0.25) is 10.1 Å². The Morgan fingerprint density at radius 2 is 2.11 bits per heavy atom. The largest absolute Gasteiger partial charge is 0.378 e. The third-order valence-electron chi connectivity index (χ3n) is 3.19. The second kappa shape index (κ2) is 7.71. The first-order valence-electron chi connectivity index (χ1n) is 6.85. The number of nitrogens with zero attached hydrogens (tertiary/aromatic N) is 2. The lowest BCUT2D eigenvalue weighted by molar-refractivity contribution is -0.130. The van der Waals surface area contributed by atoms with Crippen LogP contribution >= 0.6 is 0 Å². The molecule has 0 radical (unpaired) electrons. The van der Waals surface area contributed by atoms with E-state index in [1.807, 2.05) is 25.9 Å². The van der Waals surface area contributed by atoms with Crippen LogP contribution in [0.1, 0.15) is 26.7 Å². The fourth-order valence-corrected chi connectivity index (χ4v) is 2.14. The van der Waals surface area contributed by atoms with Crippen molar-refractivity contribution in [1.82, 2.24) is 15.1 Å². The highest BCUT2D eigenvalue weighted by Crippen LogP contribution is 2.14. The predicted octanol–water partition coefficient (Wildman–Crippen LogP) is 0.511. The Balaban J connectivity index is 2.27. The molecule has 0 saturated carbocycles. The topological polar surface area (TPSA) is 44.8 Å². The number of hydrogen-bond donors (Lipinski definition) is 1. The Hall–Kier alpha value is -0.650. The van der Waals surface area contributed by atoms with Crippen molar-refractivity contribution in [2.75, 3.05) is 40.4 Å². The van der Waals surface area contributed by atoms with Crippen molar-refractivity contribution >= 4 is 5.91 Å². The molecule has 5 nitrogen and oxygen atoms in total. The van der Waals surface area contributed by atoms with E-state index in [0.717, 1.165) is 26.0 Å². The molecule has 2 unspecified atom stereocenters. The average molecular weight is 257 g/mol. The van der Waals surface area contributed by atoms with Gasteiger partial charge in [0.1, 0.15) is 0 Å². The molecule has 1 aliphatic heterocycles. The minimum Gasteiger partial charge on any atom is -0.378 e. The standard InChI is InChI=1S/C13H27N3O2/c1-5-6-12-14-11(2)13(17)16(12)8-10-18-9-7-15(3)4/h11-12,14H,5-10H2,1-4H3. The first kappa shape index (κ1) is 15.4. The van der Waals surface area contributed by atoms with Crippen LogP contribution in [-0.4, -0.2) is 68.3 Å². The van der Waals surface area contributed by atoms with Crippen LogP contribution in [0, 0.1) is 0 Å². The van der Waals surface area contributed by atoms with Gasteiger partial charge in [0.05, 0.1) is 25.4 Å². The Labute approximate surface area is 110 Å². The SMILES string of the molecule is CCCC1NC(C)C(=O)N1CCOCCN(C)C. The summed E-state index contributed by atoms with van der Waals surface area (Å²) in [5, 5.41) is 3.33. The molecule has 1 amide bonds. The van der Waals surface area contributed by atoms with Crippen molar-refractivity contribution in [3.63, 3.8) is 0 Å². The molecule has 0 aliphatic carbocycles. The van der Waals surface area contributed by atoms with Gasteiger partial charge >= 0.3 is 0 Å². The van der Waals surface area contributed by atoms with Crippen LogP contribution in [0.4, 0.5) is 0 Å². The molecule has 0 spiro atoms. The summed E-state index contributed by atoms with van der Waals surface area (Å²) < 4.78 is 5.55. The monoisotopic (exact) mass is 257 g/mol. The normalized spacial score (nSPS) is 24.3. The van der Waals surface area contributed by atoms with Gasteiger partial charge in [0, 0.05) is 13.1 Å². The van der Waals surface area contributed by atoms with E-state index < -0.39 is 0 Å². The molecular formula is C13H27N3O2. The van der Waals surface area contributed by atoms with E-state index in [4.69, 9.17) is 4.74 Å². The van der Waals surface area contributed by atoms with Crippen molar-refractivity contribution in [1.29, 1.82) is 0 Å². The number of amides is 1. The zero-order valence-electron chi connectivity index (χ0n) is 12.1. The van der Waals surface area contributed by atoms with Gasteiger partial charge in [-0.25, -0.2) is 0 Å². The van der Waals surface area contributed by atoms with Crippen LogP contribution in [0.3, 0.4) is 0 Å². The molecule has 0 aromatic carbocycles.